The van der Waals surface area contributed by atoms with Crippen LogP contribution in [-0.4, -0.2) is 9.78 Å². The summed E-state index contributed by atoms with van der Waals surface area (Å²) in [6.45, 7) is 0. The zero-order valence-electron chi connectivity index (χ0n) is 8.98. The van der Waals surface area contributed by atoms with E-state index in [9.17, 15) is 0 Å². The summed E-state index contributed by atoms with van der Waals surface area (Å²) in [4.78, 5) is 0. The molecule has 84 valence electrons. The first-order valence-electron chi connectivity index (χ1n) is 5.23. The number of benzene rings is 1. The lowest BCUT2D eigenvalue weighted by molar-refractivity contribution is 0.346. The Balaban J connectivity index is 1.84. The maximum atomic E-state index is 5.47. The molecule has 0 unspecified atom stereocenters. The Morgan fingerprint density at radius 1 is 1.06 bits per heavy atom. The van der Waals surface area contributed by atoms with Crippen LogP contribution >= 0.6 is 0 Å². The van der Waals surface area contributed by atoms with E-state index in [1.165, 1.54) is 0 Å². The molecular formula is C13H10N2O2. The van der Waals surface area contributed by atoms with Crippen molar-refractivity contribution < 1.29 is 9.15 Å². The fourth-order valence-corrected chi connectivity index (χ4v) is 1.52. The smallest absolute Gasteiger partial charge is 0.289 e. The topological polar surface area (TPSA) is 40.2 Å². The van der Waals surface area contributed by atoms with Crippen molar-refractivity contribution in [3.63, 3.8) is 0 Å². The number of para-hydroxylation sites is 1. The molecule has 0 spiro atoms. The summed E-state index contributed by atoms with van der Waals surface area (Å²) in [6, 6.07) is 13.4. The van der Waals surface area contributed by atoms with Crippen LogP contribution in [0.1, 0.15) is 0 Å². The third-order valence-electron chi connectivity index (χ3n) is 2.29. The standard InChI is InChI=1S/C13H10N2O2/c1-2-5-11(6-3-1)15-10-12(9-14-15)17-13-7-4-8-16-13/h1-10H. The van der Waals surface area contributed by atoms with E-state index in [-0.39, 0.29) is 0 Å². The molecule has 0 aliphatic carbocycles. The van der Waals surface area contributed by atoms with Gasteiger partial charge in [-0.25, -0.2) is 4.68 Å². The maximum Gasteiger partial charge on any atom is 0.289 e. The summed E-state index contributed by atoms with van der Waals surface area (Å²) < 4.78 is 12.3. The molecule has 2 aromatic heterocycles. The van der Waals surface area contributed by atoms with Gasteiger partial charge in [-0.05, 0) is 18.2 Å². The van der Waals surface area contributed by atoms with Gasteiger partial charge in [0.2, 0.25) is 0 Å². The summed E-state index contributed by atoms with van der Waals surface area (Å²) in [5.74, 6) is 1.10. The fourth-order valence-electron chi connectivity index (χ4n) is 1.52. The first-order valence-corrected chi connectivity index (χ1v) is 5.23. The van der Waals surface area contributed by atoms with Gasteiger partial charge in [0.15, 0.2) is 5.75 Å². The molecule has 0 amide bonds. The average Bonchev–Trinajstić information content (AvgIpc) is 3.02. The number of hydrogen-bond acceptors (Lipinski definition) is 3. The van der Waals surface area contributed by atoms with Crippen LogP contribution in [-0.2, 0) is 0 Å². The minimum atomic E-state index is 0.456. The van der Waals surface area contributed by atoms with Gasteiger partial charge in [0.05, 0.1) is 24.3 Å². The molecular weight excluding hydrogens is 216 g/mol. The Labute approximate surface area is 98.1 Å². The van der Waals surface area contributed by atoms with E-state index in [0.717, 1.165) is 5.69 Å². The number of aromatic nitrogens is 2. The monoisotopic (exact) mass is 226 g/mol. The molecule has 0 aliphatic heterocycles. The largest absolute Gasteiger partial charge is 0.434 e. The molecule has 17 heavy (non-hydrogen) atoms. The third-order valence-corrected chi connectivity index (χ3v) is 2.29. The molecule has 1 aromatic carbocycles. The second-order valence-corrected chi connectivity index (χ2v) is 3.49. The van der Waals surface area contributed by atoms with E-state index < -0.39 is 0 Å². The van der Waals surface area contributed by atoms with Crippen molar-refractivity contribution in [2.24, 2.45) is 0 Å². The summed E-state index contributed by atoms with van der Waals surface area (Å²) in [5, 5.41) is 4.22. The van der Waals surface area contributed by atoms with Gasteiger partial charge in [0.1, 0.15) is 0 Å². The van der Waals surface area contributed by atoms with Crippen molar-refractivity contribution in [3.8, 4) is 17.4 Å². The van der Waals surface area contributed by atoms with E-state index in [0.29, 0.717) is 11.7 Å². The molecule has 4 heteroatoms. The van der Waals surface area contributed by atoms with Crippen LogP contribution in [0, 0.1) is 0 Å². The minimum absolute atomic E-state index is 0.456. The quantitative estimate of drug-likeness (QED) is 0.688. The molecule has 0 aliphatic rings. The lowest BCUT2D eigenvalue weighted by atomic mass is 10.3. The highest BCUT2D eigenvalue weighted by Crippen LogP contribution is 2.21. The lowest BCUT2D eigenvalue weighted by Gasteiger charge is -1.99. The van der Waals surface area contributed by atoms with Gasteiger partial charge in [0.25, 0.3) is 5.95 Å². The van der Waals surface area contributed by atoms with Gasteiger partial charge in [-0.3, -0.25) is 0 Å². The van der Waals surface area contributed by atoms with Crippen molar-refractivity contribution >= 4 is 0 Å². The van der Waals surface area contributed by atoms with Gasteiger partial charge < -0.3 is 9.15 Å². The van der Waals surface area contributed by atoms with Crippen LogP contribution in [0.25, 0.3) is 5.69 Å². The molecule has 0 saturated heterocycles. The molecule has 0 fully saturated rings. The number of rotatable bonds is 3. The van der Waals surface area contributed by atoms with Crippen LogP contribution in [0.3, 0.4) is 0 Å². The average molecular weight is 226 g/mol. The second kappa shape index (κ2) is 4.17. The molecule has 3 aromatic rings. The summed E-state index contributed by atoms with van der Waals surface area (Å²) >= 11 is 0. The Hall–Kier alpha value is -2.49. The predicted molar refractivity (Wildman–Crippen MR) is 62.3 cm³/mol. The first-order chi connectivity index (χ1) is 8.42. The van der Waals surface area contributed by atoms with Gasteiger partial charge in [0, 0.05) is 6.07 Å². The molecule has 0 radical (unpaired) electrons. The third kappa shape index (κ3) is 2.06. The van der Waals surface area contributed by atoms with Crippen LogP contribution in [0.2, 0.25) is 0 Å². The molecule has 0 atom stereocenters. The van der Waals surface area contributed by atoms with Crippen LogP contribution < -0.4 is 4.74 Å². The fraction of sp³-hybridized carbons (Fsp3) is 0. The van der Waals surface area contributed by atoms with E-state index in [1.807, 2.05) is 30.3 Å². The summed E-state index contributed by atoms with van der Waals surface area (Å²) in [5.41, 5.74) is 0.988. The van der Waals surface area contributed by atoms with Crippen molar-refractivity contribution in [1.82, 2.24) is 9.78 Å². The van der Waals surface area contributed by atoms with E-state index >= 15 is 0 Å². The Morgan fingerprint density at radius 3 is 2.71 bits per heavy atom. The molecule has 0 saturated carbocycles. The van der Waals surface area contributed by atoms with Crippen molar-refractivity contribution in [3.05, 3.63) is 61.1 Å². The highest BCUT2D eigenvalue weighted by atomic mass is 16.6. The Morgan fingerprint density at radius 2 is 1.94 bits per heavy atom. The second-order valence-electron chi connectivity index (χ2n) is 3.49. The number of furan rings is 1. The molecule has 0 bridgehead atoms. The molecule has 3 rings (SSSR count). The first kappa shape index (κ1) is 9.72. The minimum Gasteiger partial charge on any atom is -0.434 e. The Bertz CT molecular complexity index is 585. The summed E-state index contributed by atoms with van der Waals surface area (Å²) in [6.07, 6.45) is 5.02. The van der Waals surface area contributed by atoms with E-state index in [1.54, 1.807) is 35.5 Å². The van der Waals surface area contributed by atoms with Gasteiger partial charge in [-0.15, -0.1) is 0 Å². The number of nitrogens with zero attached hydrogens (tertiary/aromatic N) is 2. The van der Waals surface area contributed by atoms with Crippen molar-refractivity contribution in [1.29, 1.82) is 0 Å². The SMILES string of the molecule is c1ccc(-n2cc(Oc3ccco3)cn2)cc1. The van der Waals surface area contributed by atoms with Gasteiger partial charge in [-0.1, -0.05) is 18.2 Å². The lowest BCUT2D eigenvalue weighted by Crippen LogP contribution is -1.92. The van der Waals surface area contributed by atoms with Gasteiger partial charge in [-0.2, -0.15) is 5.10 Å². The number of ether oxygens (including phenoxy) is 1. The van der Waals surface area contributed by atoms with E-state index in [2.05, 4.69) is 5.10 Å². The van der Waals surface area contributed by atoms with Crippen molar-refractivity contribution in [2.45, 2.75) is 0 Å². The highest BCUT2D eigenvalue weighted by Gasteiger charge is 2.03. The summed E-state index contributed by atoms with van der Waals surface area (Å²) in [7, 11) is 0. The zero-order valence-corrected chi connectivity index (χ0v) is 8.98. The van der Waals surface area contributed by atoms with Crippen LogP contribution in [0.15, 0.2) is 65.5 Å². The normalized spacial score (nSPS) is 10.4. The van der Waals surface area contributed by atoms with E-state index in [4.69, 9.17) is 9.15 Å². The van der Waals surface area contributed by atoms with Crippen molar-refractivity contribution in [2.75, 3.05) is 0 Å². The predicted octanol–water partition coefficient (Wildman–Crippen LogP) is 3.26. The van der Waals surface area contributed by atoms with Crippen LogP contribution in [0.4, 0.5) is 0 Å². The Kier molecular flexibility index (Phi) is 2.38. The maximum absolute atomic E-state index is 5.47. The van der Waals surface area contributed by atoms with Crippen LogP contribution in [0.5, 0.6) is 11.7 Å². The molecule has 0 N–H and O–H groups in total. The molecule has 4 nitrogen and oxygen atoms in total. The zero-order chi connectivity index (χ0) is 11.5. The van der Waals surface area contributed by atoms with Gasteiger partial charge >= 0.3 is 0 Å². The highest BCUT2D eigenvalue weighted by molar-refractivity contribution is 5.32. The molecule has 2 heterocycles. The number of hydrogen-bond donors (Lipinski definition) is 0.